The molecular weight excluding hydrogens is 408 g/mol. The molecule has 0 aromatic heterocycles. The summed E-state index contributed by atoms with van der Waals surface area (Å²) in [5.74, 6) is -1.28. The Morgan fingerprint density at radius 3 is 2.50 bits per heavy atom. The van der Waals surface area contributed by atoms with E-state index in [-0.39, 0.29) is 34.6 Å². The van der Waals surface area contributed by atoms with Crippen molar-refractivity contribution in [2.24, 2.45) is 0 Å². The molecule has 1 amide bonds. The highest BCUT2D eigenvalue weighted by Gasteiger charge is 2.28. The van der Waals surface area contributed by atoms with Gasteiger partial charge in [-0.3, -0.25) is 4.79 Å². The van der Waals surface area contributed by atoms with Crippen LogP contribution in [-0.2, 0) is 24.3 Å². The SMILES string of the molecule is CCC(CC)NC(=O)COC(=O)c1cc(S(=O)(=O)N2CCOCC2)ccc1Cl. The molecule has 1 aromatic rings. The zero-order chi connectivity index (χ0) is 20.7. The maximum atomic E-state index is 12.7. The summed E-state index contributed by atoms with van der Waals surface area (Å²) in [5.41, 5.74) is -0.105. The monoisotopic (exact) mass is 432 g/mol. The number of hydrogen-bond acceptors (Lipinski definition) is 6. The quantitative estimate of drug-likeness (QED) is 0.628. The van der Waals surface area contributed by atoms with Crippen LogP contribution in [0.25, 0.3) is 0 Å². The molecule has 0 radical (unpaired) electrons. The van der Waals surface area contributed by atoms with Crippen LogP contribution >= 0.6 is 11.6 Å². The smallest absolute Gasteiger partial charge is 0.340 e. The minimum absolute atomic E-state index is 0.0109. The van der Waals surface area contributed by atoms with Gasteiger partial charge in [-0.05, 0) is 31.0 Å². The molecule has 10 heteroatoms. The average Bonchev–Trinajstić information content (AvgIpc) is 2.71. The van der Waals surface area contributed by atoms with Crippen molar-refractivity contribution < 1.29 is 27.5 Å². The van der Waals surface area contributed by atoms with Crippen LogP contribution < -0.4 is 5.32 Å². The van der Waals surface area contributed by atoms with E-state index in [9.17, 15) is 18.0 Å². The second-order valence-electron chi connectivity index (χ2n) is 6.32. The third kappa shape index (κ3) is 5.66. The summed E-state index contributed by atoms with van der Waals surface area (Å²) in [5, 5.41) is 2.80. The van der Waals surface area contributed by atoms with E-state index in [0.29, 0.717) is 13.2 Å². The number of sulfonamides is 1. The normalized spacial score (nSPS) is 15.4. The molecule has 28 heavy (non-hydrogen) atoms. The van der Waals surface area contributed by atoms with Gasteiger partial charge in [0.15, 0.2) is 6.61 Å². The Hall–Kier alpha value is -1.68. The molecular formula is C18H25ClN2O6S. The molecule has 0 spiro atoms. The van der Waals surface area contributed by atoms with Gasteiger partial charge in [-0.15, -0.1) is 0 Å². The van der Waals surface area contributed by atoms with E-state index in [1.165, 1.54) is 22.5 Å². The van der Waals surface area contributed by atoms with Crippen molar-refractivity contribution in [3.63, 3.8) is 0 Å². The predicted octanol–water partition coefficient (Wildman–Crippen LogP) is 1.82. The number of esters is 1. The molecule has 0 unspecified atom stereocenters. The molecule has 0 atom stereocenters. The van der Waals surface area contributed by atoms with Crippen molar-refractivity contribution in [2.45, 2.75) is 37.6 Å². The molecule has 1 saturated heterocycles. The summed E-state index contributed by atoms with van der Waals surface area (Å²) in [6, 6.07) is 3.85. The molecule has 1 N–H and O–H groups in total. The van der Waals surface area contributed by atoms with Gasteiger partial charge >= 0.3 is 5.97 Å². The van der Waals surface area contributed by atoms with Crippen LogP contribution in [0.1, 0.15) is 37.0 Å². The van der Waals surface area contributed by atoms with Crippen LogP contribution in [-0.4, -0.2) is 63.6 Å². The number of rotatable bonds is 8. The molecule has 1 heterocycles. The molecule has 1 aromatic carbocycles. The summed E-state index contributed by atoms with van der Waals surface area (Å²) in [4.78, 5) is 24.2. The standard InChI is InChI=1S/C18H25ClN2O6S/c1-3-13(4-2)20-17(22)12-27-18(23)15-11-14(5-6-16(15)19)28(24,25)21-7-9-26-10-8-21/h5-6,11,13H,3-4,7-10,12H2,1-2H3,(H,20,22). The molecule has 1 fully saturated rings. The first kappa shape index (κ1) is 22.6. The van der Waals surface area contributed by atoms with Gasteiger partial charge in [0, 0.05) is 19.1 Å². The summed E-state index contributed by atoms with van der Waals surface area (Å²) < 4.78 is 36.9. The van der Waals surface area contributed by atoms with Crippen molar-refractivity contribution in [1.82, 2.24) is 9.62 Å². The van der Waals surface area contributed by atoms with Gasteiger partial charge in [0.25, 0.3) is 5.91 Å². The zero-order valence-corrected chi connectivity index (χ0v) is 17.5. The molecule has 2 rings (SSSR count). The summed E-state index contributed by atoms with van der Waals surface area (Å²) >= 11 is 6.04. The van der Waals surface area contributed by atoms with Crippen molar-refractivity contribution >= 4 is 33.5 Å². The maximum Gasteiger partial charge on any atom is 0.340 e. The first-order valence-electron chi connectivity index (χ1n) is 9.13. The Morgan fingerprint density at radius 2 is 1.89 bits per heavy atom. The highest BCUT2D eigenvalue weighted by atomic mass is 35.5. The lowest BCUT2D eigenvalue weighted by Crippen LogP contribution is -2.40. The van der Waals surface area contributed by atoms with Crippen molar-refractivity contribution in [3.8, 4) is 0 Å². The summed E-state index contributed by atoms with van der Waals surface area (Å²) in [7, 11) is -3.78. The lowest BCUT2D eigenvalue weighted by Gasteiger charge is -2.26. The summed E-state index contributed by atoms with van der Waals surface area (Å²) in [6.07, 6.45) is 1.53. The number of benzene rings is 1. The van der Waals surface area contributed by atoms with Gasteiger partial charge in [-0.2, -0.15) is 4.31 Å². The van der Waals surface area contributed by atoms with Crippen LogP contribution in [0.5, 0.6) is 0 Å². The van der Waals surface area contributed by atoms with Gasteiger partial charge < -0.3 is 14.8 Å². The lowest BCUT2D eigenvalue weighted by atomic mass is 10.2. The van der Waals surface area contributed by atoms with E-state index < -0.39 is 28.5 Å². The Labute approximate surface area is 170 Å². The minimum Gasteiger partial charge on any atom is -0.452 e. The van der Waals surface area contributed by atoms with Crippen LogP contribution in [0, 0.1) is 0 Å². The van der Waals surface area contributed by atoms with Crippen LogP contribution in [0.2, 0.25) is 5.02 Å². The Bertz CT molecular complexity index is 804. The van der Waals surface area contributed by atoms with E-state index in [1.54, 1.807) is 0 Å². The number of hydrogen-bond donors (Lipinski definition) is 1. The van der Waals surface area contributed by atoms with Gasteiger partial charge in [-0.1, -0.05) is 25.4 Å². The van der Waals surface area contributed by atoms with E-state index in [2.05, 4.69) is 5.32 Å². The number of ether oxygens (including phenoxy) is 2. The predicted molar refractivity (Wildman–Crippen MR) is 104 cm³/mol. The summed E-state index contributed by atoms with van der Waals surface area (Å²) in [6.45, 7) is 4.52. The molecule has 8 nitrogen and oxygen atoms in total. The van der Waals surface area contributed by atoms with Gasteiger partial charge in [0.1, 0.15) is 0 Å². The second kappa shape index (κ2) is 10.2. The van der Waals surface area contributed by atoms with Gasteiger partial charge in [0.05, 0.1) is 28.7 Å². The van der Waals surface area contributed by atoms with Gasteiger partial charge in [0.2, 0.25) is 10.0 Å². The first-order valence-corrected chi connectivity index (χ1v) is 10.9. The van der Waals surface area contributed by atoms with E-state index in [4.69, 9.17) is 21.1 Å². The Morgan fingerprint density at radius 1 is 1.25 bits per heavy atom. The Balaban J connectivity index is 2.10. The van der Waals surface area contributed by atoms with Crippen molar-refractivity contribution in [3.05, 3.63) is 28.8 Å². The average molecular weight is 433 g/mol. The first-order chi connectivity index (χ1) is 13.3. The van der Waals surface area contributed by atoms with Gasteiger partial charge in [-0.25, -0.2) is 13.2 Å². The molecule has 1 aliphatic heterocycles. The molecule has 0 aliphatic carbocycles. The van der Waals surface area contributed by atoms with Crippen LogP contribution in [0.4, 0.5) is 0 Å². The highest BCUT2D eigenvalue weighted by molar-refractivity contribution is 7.89. The van der Waals surface area contributed by atoms with E-state index in [0.717, 1.165) is 12.8 Å². The molecule has 0 saturated carbocycles. The fourth-order valence-electron chi connectivity index (χ4n) is 2.73. The van der Waals surface area contributed by atoms with E-state index in [1.807, 2.05) is 13.8 Å². The number of morpholine rings is 1. The molecule has 156 valence electrons. The largest absolute Gasteiger partial charge is 0.452 e. The number of amides is 1. The number of nitrogens with one attached hydrogen (secondary N) is 1. The van der Waals surface area contributed by atoms with E-state index >= 15 is 0 Å². The van der Waals surface area contributed by atoms with Crippen molar-refractivity contribution in [1.29, 1.82) is 0 Å². The van der Waals surface area contributed by atoms with Crippen LogP contribution in [0.15, 0.2) is 23.1 Å². The lowest BCUT2D eigenvalue weighted by molar-refractivity contribution is -0.125. The van der Waals surface area contributed by atoms with Crippen molar-refractivity contribution in [2.75, 3.05) is 32.9 Å². The topological polar surface area (TPSA) is 102 Å². The molecule has 0 bridgehead atoms. The number of nitrogens with zero attached hydrogens (tertiary/aromatic N) is 1. The maximum absolute atomic E-state index is 12.7. The zero-order valence-electron chi connectivity index (χ0n) is 15.9. The van der Waals surface area contributed by atoms with Crippen LogP contribution in [0.3, 0.4) is 0 Å². The minimum atomic E-state index is -3.78. The fraction of sp³-hybridized carbons (Fsp3) is 0.556. The molecule has 1 aliphatic rings. The third-order valence-electron chi connectivity index (χ3n) is 4.45. The number of carbonyl (C=O) groups is 2. The number of carbonyl (C=O) groups excluding carboxylic acids is 2. The third-order valence-corrected chi connectivity index (χ3v) is 6.67. The Kier molecular flexibility index (Phi) is 8.23. The fourth-order valence-corrected chi connectivity index (χ4v) is 4.36. The second-order valence-corrected chi connectivity index (χ2v) is 8.66. The highest BCUT2D eigenvalue weighted by Crippen LogP contribution is 2.24. The number of halogens is 1.